The first kappa shape index (κ1) is 16.8. The molecule has 0 fully saturated rings. The molecule has 4 heteroatoms. The SMILES string of the molecule is C=C[C@H](CCC)[C@H](CC)C(=O)C(=O)OCCOC. The molecule has 2 atom stereocenters. The van der Waals surface area contributed by atoms with Crippen LogP contribution < -0.4 is 0 Å². The Labute approximate surface area is 109 Å². The van der Waals surface area contributed by atoms with Gasteiger partial charge >= 0.3 is 5.97 Å². The maximum Gasteiger partial charge on any atom is 0.374 e. The Hall–Kier alpha value is -1.16. The van der Waals surface area contributed by atoms with Crippen LogP contribution in [0.5, 0.6) is 0 Å². The Balaban J connectivity index is 4.48. The predicted molar refractivity (Wildman–Crippen MR) is 70.2 cm³/mol. The van der Waals surface area contributed by atoms with Crippen LogP contribution in [0.15, 0.2) is 12.7 Å². The lowest BCUT2D eigenvalue weighted by atomic mass is 9.83. The van der Waals surface area contributed by atoms with E-state index in [1.54, 1.807) is 6.08 Å². The first-order valence-corrected chi connectivity index (χ1v) is 6.44. The maximum atomic E-state index is 12.0. The van der Waals surface area contributed by atoms with Gasteiger partial charge in [-0.1, -0.05) is 26.3 Å². The van der Waals surface area contributed by atoms with Crippen LogP contribution in [0.4, 0.5) is 0 Å². The van der Waals surface area contributed by atoms with E-state index < -0.39 is 11.8 Å². The van der Waals surface area contributed by atoms with Crippen molar-refractivity contribution in [2.45, 2.75) is 33.1 Å². The minimum absolute atomic E-state index is 0.0440. The first-order chi connectivity index (χ1) is 8.62. The molecule has 0 aromatic carbocycles. The molecule has 18 heavy (non-hydrogen) atoms. The summed E-state index contributed by atoms with van der Waals surface area (Å²) in [6, 6.07) is 0. The van der Waals surface area contributed by atoms with E-state index in [1.807, 2.05) is 13.8 Å². The smallest absolute Gasteiger partial charge is 0.374 e. The molecule has 0 amide bonds. The molecule has 0 N–H and O–H groups in total. The number of carbonyl (C=O) groups excluding carboxylic acids is 2. The summed E-state index contributed by atoms with van der Waals surface area (Å²) in [5.74, 6) is -1.49. The summed E-state index contributed by atoms with van der Waals surface area (Å²) in [5.41, 5.74) is 0. The van der Waals surface area contributed by atoms with Gasteiger partial charge in [-0.05, 0) is 18.8 Å². The largest absolute Gasteiger partial charge is 0.457 e. The molecule has 0 spiro atoms. The highest BCUT2D eigenvalue weighted by Gasteiger charge is 2.30. The molecule has 0 saturated carbocycles. The third kappa shape index (κ3) is 5.45. The van der Waals surface area contributed by atoms with Crippen molar-refractivity contribution in [2.75, 3.05) is 20.3 Å². The third-order valence-electron chi connectivity index (χ3n) is 2.94. The molecule has 0 saturated heterocycles. The van der Waals surface area contributed by atoms with Crippen molar-refractivity contribution < 1.29 is 19.1 Å². The van der Waals surface area contributed by atoms with Gasteiger partial charge in [-0.25, -0.2) is 4.79 Å². The number of hydrogen-bond donors (Lipinski definition) is 0. The van der Waals surface area contributed by atoms with Gasteiger partial charge in [-0.2, -0.15) is 0 Å². The average Bonchev–Trinajstić information content (AvgIpc) is 2.38. The molecule has 4 nitrogen and oxygen atoms in total. The van der Waals surface area contributed by atoms with Crippen molar-refractivity contribution in [2.24, 2.45) is 11.8 Å². The van der Waals surface area contributed by atoms with E-state index >= 15 is 0 Å². The molecule has 104 valence electrons. The molecule has 0 radical (unpaired) electrons. The van der Waals surface area contributed by atoms with Gasteiger partial charge < -0.3 is 9.47 Å². The second-order valence-corrected chi connectivity index (χ2v) is 4.20. The summed E-state index contributed by atoms with van der Waals surface area (Å²) in [4.78, 5) is 23.6. The third-order valence-corrected chi connectivity index (χ3v) is 2.94. The van der Waals surface area contributed by atoms with E-state index in [1.165, 1.54) is 7.11 Å². The predicted octanol–water partition coefficient (Wildman–Crippen LogP) is 2.37. The topological polar surface area (TPSA) is 52.6 Å². The number of ether oxygens (including phenoxy) is 2. The lowest BCUT2D eigenvalue weighted by molar-refractivity contribution is -0.157. The molecule has 0 rings (SSSR count). The monoisotopic (exact) mass is 256 g/mol. The van der Waals surface area contributed by atoms with Gasteiger partial charge in [0.25, 0.3) is 0 Å². The molecule has 0 unspecified atom stereocenters. The zero-order chi connectivity index (χ0) is 14.0. The van der Waals surface area contributed by atoms with Crippen molar-refractivity contribution in [3.05, 3.63) is 12.7 Å². The molecule has 0 heterocycles. The number of ketones is 1. The summed E-state index contributed by atoms with van der Waals surface area (Å²) in [5, 5.41) is 0. The highest BCUT2D eigenvalue weighted by molar-refractivity contribution is 6.34. The van der Waals surface area contributed by atoms with E-state index in [2.05, 4.69) is 6.58 Å². The molecule has 0 aromatic heterocycles. The van der Waals surface area contributed by atoms with Crippen molar-refractivity contribution in [1.29, 1.82) is 0 Å². The minimum Gasteiger partial charge on any atom is -0.457 e. The Morgan fingerprint density at radius 3 is 2.39 bits per heavy atom. The van der Waals surface area contributed by atoms with E-state index in [0.717, 1.165) is 12.8 Å². The molecule has 0 aliphatic heterocycles. The number of esters is 1. The fraction of sp³-hybridized carbons (Fsp3) is 0.714. The Morgan fingerprint density at radius 1 is 1.28 bits per heavy atom. The van der Waals surface area contributed by atoms with E-state index in [-0.39, 0.29) is 18.4 Å². The van der Waals surface area contributed by atoms with Gasteiger partial charge in [-0.3, -0.25) is 4.79 Å². The summed E-state index contributed by atoms with van der Waals surface area (Å²) in [6.45, 7) is 8.10. The van der Waals surface area contributed by atoms with Crippen molar-refractivity contribution in [1.82, 2.24) is 0 Å². The van der Waals surface area contributed by atoms with Crippen LogP contribution in [0.2, 0.25) is 0 Å². The van der Waals surface area contributed by atoms with Crippen LogP contribution >= 0.6 is 0 Å². The van der Waals surface area contributed by atoms with Crippen molar-refractivity contribution in [3.63, 3.8) is 0 Å². The number of Topliss-reactive ketones (excluding diaryl/α,β-unsaturated/α-hetero) is 1. The van der Waals surface area contributed by atoms with E-state index in [9.17, 15) is 9.59 Å². The molecular weight excluding hydrogens is 232 g/mol. The zero-order valence-corrected chi connectivity index (χ0v) is 11.6. The fourth-order valence-electron chi connectivity index (χ4n) is 1.94. The number of methoxy groups -OCH3 is 1. The zero-order valence-electron chi connectivity index (χ0n) is 11.6. The molecular formula is C14H24O4. The second kappa shape index (κ2) is 9.83. The van der Waals surface area contributed by atoms with Crippen LogP contribution in [0.25, 0.3) is 0 Å². The van der Waals surface area contributed by atoms with Crippen molar-refractivity contribution in [3.8, 4) is 0 Å². The van der Waals surface area contributed by atoms with Crippen LogP contribution in [-0.4, -0.2) is 32.1 Å². The number of hydrogen-bond acceptors (Lipinski definition) is 4. The fourth-order valence-corrected chi connectivity index (χ4v) is 1.94. The van der Waals surface area contributed by atoms with Gasteiger partial charge in [0, 0.05) is 13.0 Å². The molecule has 0 aromatic rings. The lowest BCUT2D eigenvalue weighted by Gasteiger charge is -2.20. The van der Waals surface area contributed by atoms with Crippen LogP contribution in [0.3, 0.4) is 0 Å². The van der Waals surface area contributed by atoms with E-state index in [0.29, 0.717) is 13.0 Å². The Bertz CT molecular complexity index is 273. The Morgan fingerprint density at radius 2 is 1.94 bits per heavy atom. The summed E-state index contributed by atoms with van der Waals surface area (Å²) in [6.07, 6.45) is 4.20. The minimum atomic E-state index is -0.762. The van der Waals surface area contributed by atoms with Gasteiger partial charge in [0.15, 0.2) is 0 Å². The summed E-state index contributed by atoms with van der Waals surface area (Å²) >= 11 is 0. The maximum absolute atomic E-state index is 12.0. The average molecular weight is 256 g/mol. The second-order valence-electron chi connectivity index (χ2n) is 4.20. The molecule has 0 aliphatic rings. The highest BCUT2D eigenvalue weighted by Crippen LogP contribution is 2.23. The number of rotatable bonds is 10. The molecule has 0 aliphatic carbocycles. The van der Waals surface area contributed by atoms with Gasteiger partial charge in [0.1, 0.15) is 6.61 Å². The van der Waals surface area contributed by atoms with Gasteiger partial charge in [0.2, 0.25) is 5.78 Å². The summed E-state index contributed by atoms with van der Waals surface area (Å²) in [7, 11) is 1.51. The van der Waals surface area contributed by atoms with Crippen LogP contribution in [0.1, 0.15) is 33.1 Å². The van der Waals surface area contributed by atoms with Crippen LogP contribution in [-0.2, 0) is 19.1 Å². The number of allylic oxidation sites excluding steroid dienone is 1. The summed E-state index contributed by atoms with van der Waals surface area (Å²) < 4.78 is 9.61. The quantitative estimate of drug-likeness (QED) is 0.261. The normalized spacial score (nSPS) is 13.7. The number of carbonyl (C=O) groups is 2. The van der Waals surface area contributed by atoms with Gasteiger partial charge in [-0.15, -0.1) is 6.58 Å². The molecule has 0 bridgehead atoms. The first-order valence-electron chi connectivity index (χ1n) is 6.44. The van der Waals surface area contributed by atoms with Gasteiger partial charge in [0.05, 0.1) is 6.61 Å². The van der Waals surface area contributed by atoms with Crippen LogP contribution in [0, 0.1) is 11.8 Å². The Kier molecular flexibility index (Phi) is 9.19. The van der Waals surface area contributed by atoms with E-state index in [4.69, 9.17) is 9.47 Å². The standard InChI is InChI=1S/C14H24O4/c1-5-8-11(6-2)12(7-3)13(15)14(16)18-10-9-17-4/h6,11-12H,2,5,7-10H2,1,3-4H3/t11-,12+/m1/s1. The highest BCUT2D eigenvalue weighted by atomic mass is 16.6. The van der Waals surface area contributed by atoms with Crippen molar-refractivity contribution >= 4 is 11.8 Å². The lowest BCUT2D eigenvalue weighted by Crippen LogP contribution is -2.31.